The van der Waals surface area contributed by atoms with Crippen LogP contribution in [0.5, 0.6) is 0 Å². The summed E-state index contributed by atoms with van der Waals surface area (Å²) in [6.07, 6.45) is 1.57. The van der Waals surface area contributed by atoms with Crippen molar-refractivity contribution in [1.29, 1.82) is 0 Å². The van der Waals surface area contributed by atoms with E-state index < -0.39 is 0 Å². The van der Waals surface area contributed by atoms with Crippen LogP contribution in [0.2, 0.25) is 0 Å². The van der Waals surface area contributed by atoms with E-state index >= 15 is 0 Å². The van der Waals surface area contributed by atoms with Crippen LogP contribution in [0.15, 0.2) is 30.6 Å². The highest BCUT2D eigenvalue weighted by atomic mass is 16.5. The van der Waals surface area contributed by atoms with Gasteiger partial charge in [-0.1, -0.05) is 12.1 Å². The molecule has 0 aliphatic heterocycles. The smallest absolute Gasteiger partial charge is 0.247 e. The van der Waals surface area contributed by atoms with E-state index in [9.17, 15) is 5.21 Å². The molecular weight excluding hydrogens is 152 g/mol. The molecule has 0 saturated heterocycles. The number of nitrogens with zero attached hydrogens (tertiary/aromatic N) is 2. The Balaban J connectivity index is 2.82. The highest BCUT2D eigenvalue weighted by Crippen LogP contribution is 2.09. The molecule has 0 aliphatic rings. The Hall–Kier alpha value is -1.51. The van der Waals surface area contributed by atoms with Gasteiger partial charge in [0, 0.05) is 0 Å². The molecule has 0 N–H and O–H groups in total. The van der Waals surface area contributed by atoms with Crippen LogP contribution in [-0.4, -0.2) is 4.57 Å². The number of benzene rings is 1. The number of hydrogen-bond donors (Lipinski definition) is 0. The SMILES string of the molecule is CCn1c[n+]([O-])c2ccccc21. The molecule has 0 atom stereocenters. The number of aromatic nitrogens is 2. The fourth-order valence-electron chi connectivity index (χ4n) is 1.40. The van der Waals surface area contributed by atoms with Gasteiger partial charge in [-0.2, -0.15) is 0 Å². The van der Waals surface area contributed by atoms with Gasteiger partial charge in [-0.15, -0.1) is 0 Å². The van der Waals surface area contributed by atoms with E-state index in [1.165, 1.54) is 0 Å². The van der Waals surface area contributed by atoms with Crippen molar-refractivity contribution in [2.45, 2.75) is 13.5 Å². The zero-order valence-electron chi connectivity index (χ0n) is 6.90. The van der Waals surface area contributed by atoms with E-state index in [4.69, 9.17) is 0 Å². The molecule has 1 aromatic carbocycles. The quantitative estimate of drug-likeness (QED) is 0.459. The van der Waals surface area contributed by atoms with Crippen molar-refractivity contribution in [2.24, 2.45) is 0 Å². The second-order valence-electron chi connectivity index (χ2n) is 2.72. The summed E-state index contributed by atoms with van der Waals surface area (Å²) in [6, 6.07) is 7.59. The van der Waals surface area contributed by atoms with E-state index in [0.717, 1.165) is 22.3 Å². The lowest BCUT2D eigenvalue weighted by Gasteiger charge is -1.93. The van der Waals surface area contributed by atoms with Crippen molar-refractivity contribution in [3.8, 4) is 0 Å². The van der Waals surface area contributed by atoms with Gasteiger partial charge in [-0.05, 0) is 19.1 Å². The average molecular weight is 162 g/mol. The van der Waals surface area contributed by atoms with Crippen LogP contribution in [0.3, 0.4) is 0 Å². The van der Waals surface area contributed by atoms with E-state index in [0.29, 0.717) is 0 Å². The van der Waals surface area contributed by atoms with Crippen LogP contribution < -0.4 is 4.73 Å². The lowest BCUT2D eigenvalue weighted by Crippen LogP contribution is -2.23. The monoisotopic (exact) mass is 162 g/mol. The Kier molecular flexibility index (Phi) is 1.50. The molecular formula is C9H10N2O. The van der Waals surface area contributed by atoms with Gasteiger partial charge in [0.2, 0.25) is 6.33 Å². The first-order valence-electron chi connectivity index (χ1n) is 4.00. The van der Waals surface area contributed by atoms with Gasteiger partial charge in [0.05, 0.1) is 6.54 Å². The minimum Gasteiger partial charge on any atom is -0.710 e. The van der Waals surface area contributed by atoms with Crippen LogP contribution in [-0.2, 0) is 6.54 Å². The summed E-state index contributed by atoms with van der Waals surface area (Å²) in [5.41, 5.74) is 1.73. The molecule has 0 spiro atoms. The first kappa shape index (κ1) is 7.16. The molecule has 0 saturated carbocycles. The molecule has 0 unspecified atom stereocenters. The summed E-state index contributed by atoms with van der Waals surface area (Å²) in [4.78, 5) is 0. The molecule has 0 fully saturated rings. The molecule has 3 heteroatoms. The van der Waals surface area contributed by atoms with E-state index in [-0.39, 0.29) is 0 Å². The van der Waals surface area contributed by atoms with E-state index in [1.54, 1.807) is 6.33 Å². The third kappa shape index (κ3) is 0.863. The summed E-state index contributed by atoms with van der Waals surface area (Å²) in [5, 5.41) is 11.3. The first-order chi connectivity index (χ1) is 5.83. The van der Waals surface area contributed by atoms with Crippen molar-refractivity contribution in [3.05, 3.63) is 35.8 Å². The summed E-state index contributed by atoms with van der Waals surface area (Å²) in [6.45, 7) is 2.85. The molecule has 0 amide bonds. The normalized spacial score (nSPS) is 10.8. The zero-order chi connectivity index (χ0) is 8.55. The molecule has 3 nitrogen and oxygen atoms in total. The minimum atomic E-state index is 0.736. The van der Waals surface area contributed by atoms with Crippen molar-refractivity contribution in [3.63, 3.8) is 0 Å². The average Bonchev–Trinajstić information content (AvgIpc) is 2.44. The van der Waals surface area contributed by atoms with Gasteiger partial charge in [0.25, 0.3) is 0 Å². The zero-order valence-corrected chi connectivity index (χ0v) is 6.90. The predicted octanol–water partition coefficient (Wildman–Crippen LogP) is 1.29. The van der Waals surface area contributed by atoms with Crippen LogP contribution in [0.4, 0.5) is 0 Å². The standard InChI is InChI=1S/C9H10N2O/c1-2-10-7-11(12)9-6-4-3-5-8(9)10/h3-7H,2H2,1H3. The predicted molar refractivity (Wildman–Crippen MR) is 46.6 cm³/mol. The number of imidazole rings is 1. The Morgan fingerprint density at radius 2 is 2.17 bits per heavy atom. The second-order valence-corrected chi connectivity index (χ2v) is 2.72. The van der Waals surface area contributed by atoms with Crippen LogP contribution in [0.25, 0.3) is 11.0 Å². The molecule has 1 heterocycles. The Bertz CT molecular complexity index is 406. The topological polar surface area (TPSA) is 31.9 Å². The molecule has 0 radical (unpaired) electrons. The van der Waals surface area contributed by atoms with Crippen LogP contribution >= 0.6 is 0 Å². The maximum absolute atomic E-state index is 11.3. The molecule has 0 aliphatic carbocycles. The lowest BCUT2D eigenvalue weighted by atomic mass is 10.3. The molecule has 1 aromatic heterocycles. The lowest BCUT2D eigenvalue weighted by molar-refractivity contribution is -0.578. The summed E-state index contributed by atoms with van der Waals surface area (Å²) in [5.74, 6) is 0. The van der Waals surface area contributed by atoms with Crippen molar-refractivity contribution in [1.82, 2.24) is 4.57 Å². The third-order valence-corrected chi connectivity index (χ3v) is 2.01. The number of fused-ring (bicyclic) bond motifs is 1. The summed E-state index contributed by atoms with van der Waals surface area (Å²) < 4.78 is 2.83. The molecule has 2 aromatic rings. The highest BCUT2D eigenvalue weighted by Gasteiger charge is 2.07. The van der Waals surface area contributed by atoms with Crippen molar-refractivity contribution < 1.29 is 4.73 Å². The van der Waals surface area contributed by atoms with Crippen LogP contribution in [0, 0.1) is 5.21 Å². The third-order valence-electron chi connectivity index (χ3n) is 2.01. The van der Waals surface area contributed by atoms with Gasteiger partial charge in [-0.3, -0.25) is 0 Å². The van der Waals surface area contributed by atoms with Gasteiger partial charge < -0.3 is 5.21 Å². The number of para-hydroxylation sites is 2. The number of rotatable bonds is 1. The Morgan fingerprint density at radius 3 is 2.92 bits per heavy atom. The first-order valence-corrected chi connectivity index (χ1v) is 4.00. The fraction of sp³-hybridized carbons (Fsp3) is 0.222. The molecule has 0 bridgehead atoms. The van der Waals surface area contributed by atoms with Gasteiger partial charge in [0.15, 0.2) is 11.0 Å². The molecule has 62 valence electrons. The number of aryl methyl sites for hydroxylation is 1. The largest absolute Gasteiger partial charge is 0.710 e. The molecule has 12 heavy (non-hydrogen) atoms. The van der Waals surface area contributed by atoms with Gasteiger partial charge >= 0.3 is 0 Å². The second kappa shape index (κ2) is 2.52. The van der Waals surface area contributed by atoms with Gasteiger partial charge in [-0.25, -0.2) is 9.30 Å². The summed E-state index contributed by atoms with van der Waals surface area (Å²) >= 11 is 0. The highest BCUT2D eigenvalue weighted by molar-refractivity contribution is 5.71. The Morgan fingerprint density at radius 1 is 1.42 bits per heavy atom. The van der Waals surface area contributed by atoms with E-state index in [1.807, 2.05) is 35.8 Å². The van der Waals surface area contributed by atoms with Crippen molar-refractivity contribution in [2.75, 3.05) is 0 Å². The maximum atomic E-state index is 11.3. The summed E-state index contributed by atoms with van der Waals surface area (Å²) in [7, 11) is 0. The maximum Gasteiger partial charge on any atom is 0.247 e. The van der Waals surface area contributed by atoms with Gasteiger partial charge in [0.1, 0.15) is 0 Å². The molecule has 2 rings (SSSR count). The van der Waals surface area contributed by atoms with Crippen molar-refractivity contribution >= 4 is 11.0 Å². The van der Waals surface area contributed by atoms with E-state index in [2.05, 4.69) is 0 Å². The Labute approximate surface area is 70.4 Å². The number of hydrogen-bond acceptors (Lipinski definition) is 1. The van der Waals surface area contributed by atoms with Crippen LogP contribution in [0.1, 0.15) is 6.92 Å². The fourth-order valence-corrected chi connectivity index (χ4v) is 1.40. The minimum absolute atomic E-state index is 0.736.